The maximum Gasteiger partial charge on any atom is 0.229 e. The van der Waals surface area contributed by atoms with Gasteiger partial charge in [0, 0.05) is 12.7 Å². The Morgan fingerprint density at radius 2 is 2.29 bits per heavy atom. The van der Waals surface area contributed by atoms with Crippen molar-refractivity contribution in [2.75, 3.05) is 12.4 Å². The number of rotatable bonds is 2. The maximum absolute atomic E-state index is 10.7. The molecule has 0 unspecified atom stereocenters. The number of pyridine rings is 1. The van der Waals surface area contributed by atoms with Gasteiger partial charge >= 0.3 is 0 Å². The Morgan fingerprint density at radius 1 is 1.50 bits per heavy atom. The van der Waals surface area contributed by atoms with Gasteiger partial charge in [0.05, 0.1) is 11.1 Å². The van der Waals surface area contributed by atoms with E-state index < -0.39 is 0 Å². The Balaban J connectivity index is 2.79. The van der Waals surface area contributed by atoms with E-state index in [0.29, 0.717) is 23.4 Å². The number of nitrogens with zero attached hydrogens (tertiary/aromatic N) is 1. The van der Waals surface area contributed by atoms with Gasteiger partial charge in [-0.3, -0.25) is 4.79 Å². The zero-order valence-corrected chi connectivity index (χ0v) is 8.00. The SMILES string of the molecule is CNc1c(C=O)oc2nc(C)ccc12. The van der Waals surface area contributed by atoms with E-state index in [1.165, 1.54) is 0 Å². The van der Waals surface area contributed by atoms with Crippen molar-refractivity contribution < 1.29 is 9.21 Å². The highest BCUT2D eigenvalue weighted by atomic mass is 16.4. The summed E-state index contributed by atoms with van der Waals surface area (Å²) in [7, 11) is 1.75. The fourth-order valence-electron chi connectivity index (χ4n) is 1.43. The first-order chi connectivity index (χ1) is 6.76. The summed E-state index contributed by atoms with van der Waals surface area (Å²) in [4.78, 5) is 14.9. The van der Waals surface area contributed by atoms with Crippen LogP contribution in [-0.4, -0.2) is 18.3 Å². The maximum atomic E-state index is 10.7. The molecule has 0 bridgehead atoms. The Labute approximate surface area is 80.9 Å². The molecule has 2 aromatic rings. The third-order valence-electron chi connectivity index (χ3n) is 2.08. The van der Waals surface area contributed by atoms with Gasteiger partial charge in [-0.05, 0) is 19.1 Å². The van der Waals surface area contributed by atoms with Gasteiger partial charge in [0.25, 0.3) is 0 Å². The Kier molecular flexibility index (Phi) is 1.96. The van der Waals surface area contributed by atoms with Crippen LogP contribution in [0.4, 0.5) is 5.69 Å². The van der Waals surface area contributed by atoms with E-state index >= 15 is 0 Å². The molecule has 0 spiro atoms. The average molecular weight is 190 g/mol. The van der Waals surface area contributed by atoms with Gasteiger partial charge in [-0.2, -0.15) is 0 Å². The second-order valence-corrected chi connectivity index (χ2v) is 3.01. The molecule has 14 heavy (non-hydrogen) atoms. The number of nitrogens with one attached hydrogen (secondary N) is 1. The summed E-state index contributed by atoms with van der Waals surface area (Å²) >= 11 is 0. The van der Waals surface area contributed by atoms with Crippen LogP contribution in [-0.2, 0) is 0 Å². The third-order valence-corrected chi connectivity index (χ3v) is 2.08. The van der Waals surface area contributed by atoms with Gasteiger partial charge in [-0.15, -0.1) is 0 Å². The Hall–Kier alpha value is -1.84. The predicted octanol–water partition coefficient (Wildman–Crippen LogP) is 1.99. The topological polar surface area (TPSA) is 55.1 Å². The van der Waals surface area contributed by atoms with Crippen molar-refractivity contribution in [3.63, 3.8) is 0 Å². The largest absolute Gasteiger partial charge is 0.433 e. The first-order valence-corrected chi connectivity index (χ1v) is 4.29. The van der Waals surface area contributed by atoms with Crippen LogP contribution in [0, 0.1) is 6.92 Å². The van der Waals surface area contributed by atoms with Gasteiger partial charge in [-0.25, -0.2) is 4.98 Å². The number of furan rings is 1. The number of fused-ring (bicyclic) bond motifs is 1. The Bertz CT molecular complexity index is 488. The van der Waals surface area contributed by atoms with E-state index in [1.54, 1.807) is 7.05 Å². The van der Waals surface area contributed by atoms with Crippen LogP contribution in [0.15, 0.2) is 16.5 Å². The number of hydrogen-bond acceptors (Lipinski definition) is 4. The minimum atomic E-state index is 0.292. The van der Waals surface area contributed by atoms with Crippen molar-refractivity contribution in [1.29, 1.82) is 0 Å². The van der Waals surface area contributed by atoms with Gasteiger partial charge in [0.1, 0.15) is 0 Å². The lowest BCUT2D eigenvalue weighted by molar-refractivity contribution is 0.110. The van der Waals surface area contributed by atoms with Crippen LogP contribution in [0.3, 0.4) is 0 Å². The molecule has 0 fully saturated rings. The third kappa shape index (κ3) is 1.16. The lowest BCUT2D eigenvalue weighted by atomic mass is 10.2. The highest BCUT2D eigenvalue weighted by Gasteiger charge is 2.12. The van der Waals surface area contributed by atoms with Gasteiger partial charge in [0.15, 0.2) is 12.0 Å². The molecule has 4 nitrogen and oxygen atoms in total. The second kappa shape index (κ2) is 3.14. The summed E-state index contributed by atoms with van der Waals surface area (Å²) in [6, 6.07) is 3.77. The van der Waals surface area contributed by atoms with Crippen molar-refractivity contribution in [3.05, 3.63) is 23.6 Å². The molecule has 0 aromatic carbocycles. The van der Waals surface area contributed by atoms with E-state index in [4.69, 9.17) is 4.42 Å². The molecule has 4 heteroatoms. The molecule has 2 aromatic heterocycles. The molecule has 2 rings (SSSR count). The number of aldehydes is 1. The summed E-state index contributed by atoms with van der Waals surface area (Å²) in [6.45, 7) is 1.88. The molecular formula is C10H10N2O2. The molecule has 0 amide bonds. The van der Waals surface area contributed by atoms with Gasteiger partial charge in [0.2, 0.25) is 5.71 Å². The number of anilines is 1. The molecule has 0 aliphatic heterocycles. The summed E-state index contributed by atoms with van der Waals surface area (Å²) in [5.74, 6) is 0.292. The zero-order valence-electron chi connectivity index (χ0n) is 8.00. The van der Waals surface area contributed by atoms with Crippen LogP contribution in [0.25, 0.3) is 11.1 Å². The van der Waals surface area contributed by atoms with Crippen LogP contribution in [0.2, 0.25) is 0 Å². The molecule has 1 N–H and O–H groups in total. The molecule has 0 saturated heterocycles. The van der Waals surface area contributed by atoms with Gasteiger partial charge in [-0.1, -0.05) is 0 Å². The molecule has 72 valence electrons. The monoisotopic (exact) mass is 190 g/mol. The summed E-state index contributed by atoms with van der Waals surface area (Å²) < 4.78 is 5.28. The highest BCUT2D eigenvalue weighted by Crippen LogP contribution is 2.28. The van der Waals surface area contributed by atoms with E-state index in [-0.39, 0.29) is 0 Å². The van der Waals surface area contributed by atoms with E-state index in [0.717, 1.165) is 11.1 Å². The number of carbonyl (C=O) groups excluding carboxylic acids is 1. The molecule has 0 atom stereocenters. The molecule has 0 radical (unpaired) electrons. The van der Waals surface area contributed by atoms with Crippen LogP contribution in [0.1, 0.15) is 16.2 Å². The summed E-state index contributed by atoms with van der Waals surface area (Å²) in [6.07, 6.45) is 0.683. The molecule has 2 heterocycles. The first kappa shape index (κ1) is 8.74. The predicted molar refractivity (Wildman–Crippen MR) is 53.7 cm³/mol. The average Bonchev–Trinajstić information content (AvgIpc) is 2.54. The lowest BCUT2D eigenvalue weighted by Gasteiger charge is -1.95. The molecule has 0 saturated carbocycles. The zero-order chi connectivity index (χ0) is 10.1. The van der Waals surface area contributed by atoms with Crippen LogP contribution >= 0.6 is 0 Å². The number of carbonyl (C=O) groups is 1. The minimum Gasteiger partial charge on any atom is -0.433 e. The van der Waals surface area contributed by atoms with Crippen molar-refractivity contribution in [3.8, 4) is 0 Å². The second-order valence-electron chi connectivity index (χ2n) is 3.01. The minimum absolute atomic E-state index is 0.292. The summed E-state index contributed by atoms with van der Waals surface area (Å²) in [5, 5.41) is 3.76. The summed E-state index contributed by atoms with van der Waals surface area (Å²) in [5.41, 5.74) is 2.06. The number of aromatic nitrogens is 1. The smallest absolute Gasteiger partial charge is 0.229 e. The molecular weight excluding hydrogens is 180 g/mol. The van der Waals surface area contributed by atoms with Crippen molar-refractivity contribution >= 4 is 23.1 Å². The van der Waals surface area contributed by atoms with Crippen molar-refractivity contribution in [2.24, 2.45) is 0 Å². The van der Waals surface area contributed by atoms with E-state index in [2.05, 4.69) is 10.3 Å². The normalized spacial score (nSPS) is 10.4. The van der Waals surface area contributed by atoms with E-state index in [1.807, 2.05) is 19.1 Å². The quantitative estimate of drug-likeness (QED) is 0.736. The fraction of sp³-hybridized carbons (Fsp3) is 0.200. The fourth-order valence-corrected chi connectivity index (χ4v) is 1.43. The van der Waals surface area contributed by atoms with Crippen LogP contribution < -0.4 is 5.32 Å². The van der Waals surface area contributed by atoms with Crippen LogP contribution in [0.5, 0.6) is 0 Å². The Morgan fingerprint density at radius 3 is 2.93 bits per heavy atom. The number of aryl methyl sites for hydroxylation is 1. The standard InChI is InChI=1S/C10H10N2O2/c1-6-3-4-7-9(11-2)8(5-13)14-10(7)12-6/h3-5,11H,1-2H3. The van der Waals surface area contributed by atoms with Gasteiger partial charge < -0.3 is 9.73 Å². The highest BCUT2D eigenvalue weighted by molar-refractivity contribution is 5.98. The van der Waals surface area contributed by atoms with Crippen molar-refractivity contribution in [1.82, 2.24) is 4.98 Å². The lowest BCUT2D eigenvalue weighted by Crippen LogP contribution is -1.90. The van der Waals surface area contributed by atoms with Crippen molar-refractivity contribution in [2.45, 2.75) is 6.92 Å². The number of hydrogen-bond donors (Lipinski definition) is 1. The first-order valence-electron chi connectivity index (χ1n) is 4.29. The molecule has 0 aliphatic rings. The van der Waals surface area contributed by atoms with E-state index in [9.17, 15) is 4.79 Å². The molecule has 0 aliphatic carbocycles.